The molecule has 2 aromatic heterocycles. The number of nitrogens with zero attached hydrogens (tertiary/aromatic N) is 5. The number of hydrogen-bond donors (Lipinski definition) is 2. The highest BCUT2D eigenvalue weighted by Crippen LogP contribution is 2.28. The van der Waals surface area contributed by atoms with Gasteiger partial charge in [0, 0.05) is 43.8 Å². The molecule has 9 heteroatoms. The van der Waals surface area contributed by atoms with Crippen molar-refractivity contribution in [2.75, 3.05) is 42.5 Å². The van der Waals surface area contributed by atoms with Crippen LogP contribution < -0.4 is 15.1 Å². The number of carbonyl (C=O) groups is 1. The van der Waals surface area contributed by atoms with Crippen LogP contribution in [0.3, 0.4) is 0 Å². The fourth-order valence-corrected chi connectivity index (χ4v) is 3.72. The SMILES string of the molecule is CC(=O)NCC#Cc1[nH]nc2ncnc(N3CCN(c4cc(Cl)ccc4C)CC3)c12. The predicted molar refractivity (Wildman–Crippen MR) is 118 cm³/mol. The van der Waals surface area contributed by atoms with E-state index >= 15 is 0 Å². The Morgan fingerprint density at radius 3 is 2.77 bits per heavy atom. The first-order chi connectivity index (χ1) is 14.5. The Bertz CT molecular complexity index is 1140. The average Bonchev–Trinajstić information content (AvgIpc) is 3.16. The molecule has 8 nitrogen and oxygen atoms in total. The molecule has 2 N–H and O–H groups in total. The van der Waals surface area contributed by atoms with E-state index in [9.17, 15) is 4.79 Å². The minimum atomic E-state index is -0.115. The second kappa shape index (κ2) is 8.59. The topological polar surface area (TPSA) is 90.0 Å². The van der Waals surface area contributed by atoms with Crippen LogP contribution in [0.15, 0.2) is 24.5 Å². The van der Waals surface area contributed by atoms with Crippen molar-refractivity contribution >= 4 is 40.0 Å². The number of aryl methyl sites for hydroxylation is 1. The number of anilines is 2. The van der Waals surface area contributed by atoms with Gasteiger partial charge in [-0.3, -0.25) is 9.89 Å². The average molecular weight is 424 g/mol. The number of aromatic amines is 1. The fourth-order valence-electron chi connectivity index (χ4n) is 3.55. The number of H-pyrrole nitrogens is 1. The largest absolute Gasteiger partial charge is 0.368 e. The second-order valence-corrected chi connectivity index (χ2v) is 7.55. The van der Waals surface area contributed by atoms with E-state index in [0.29, 0.717) is 11.3 Å². The second-order valence-electron chi connectivity index (χ2n) is 7.11. The molecule has 1 aromatic carbocycles. The van der Waals surface area contributed by atoms with Crippen molar-refractivity contribution < 1.29 is 4.79 Å². The van der Waals surface area contributed by atoms with Crippen molar-refractivity contribution in [3.05, 3.63) is 40.8 Å². The maximum atomic E-state index is 11.0. The van der Waals surface area contributed by atoms with Crippen LogP contribution in [0.2, 0.25) is 5.02 Å². The normalized spacial score (nSPS) is 13.8. The van der Waals surface area contributed by atoms with E-state index in [0.717, 1.165) is 42.4 Å². The zero-order chi connectivity index (χ0) is 21.1. The van der Waals surface area contributed by atoms with E-state index in [1.165, 1.54) is 24.5 Å². The minimum Gasteiger partial charge on any atom is -0.368 e. The van der Waals surface area contributed by atoms with Crippen LogP contribution in [0, 0.1) is 18.8 Å². The molecule has 30 heavy (non-hydrogen) atoms. The van der Waals surface area contributed by atoms with Crippen molar-refractivity contribution in [2.45, 2.75) is 13.8 Å². The molecule has 0 atom stereocenters. The monoisotopic (exact) mass is 423 g/mol. The third-order valence-corrected chi connectivity index (χ3v) is 5.30. The summed E-state index contributed by atoms with van der Waals surface area (Å²) in [7, 11) is 0. The fraction of sp³-hybridized carbons (Fsp3) is 0.333. The summed E-state index contributed by atoms with van der Waals surface area (Å²) in [4.78, 5) is 24.4. The first-order valence-electron chi connectivity index (χ1n) is 9.71. The molecule has 1 fully saturated rings. The molecule has 4 rings (SSSR count). The molecule has 0 bridgehead atoms. The highest BCUT2D eigenvalue weighted by molar-refractivity contribution is 6.30. The van der Waals surface area contributed by atoms with E-state index in [2.05, 4.69) is 60.1 Å². The maximum absolute atomic E-state index is 11.0. The zero-order valence-corrected chi connectivity index (χ0v) is 17.6. The first kappa shape index (κ1) is 20.0. The standard InChI is InChI=1S/C21H22ClN7O/c1-14-5-6-16(22)12-18(14)28-8-10-29(11-9-28)21-19-17(4-3-7-23-15(2)30)26-27-20(19)24-13-25-21/h5-6,12-13H,7-11H2,1-2H3,(H,23,30)(H,24,25,26,27). The molecule has 1 aliphatic rings. The predicted octanol–water partition coefficient (Wildman–Crippen LogP) is 2.13. The van der Waals surface area contributed by atoms with E-state index < -0.39 is 0 Å². The molecule has 0 aliphatic carbocycles. The van der Waals surface area contributed by atoms with Gasteiger partial charge >= 0.3 is 0 Å². The summed E-state index contributed by atoms with van der Waals surface area (Å²) < 4.78 is 0. The summed E-state index contributed by atoms with van der Waals surface area (Å²) in [6.45, 7) is 7.16. The molecular formula is C21H22ClN7O. The smallest absolute Gasteiger partial charge is 0.217 e. The van der Waals surface area contributed by atoms with Crippen LogP contribution in [0.1, 0.15) is 18.2 Å². The van der Waals surface area contributed by atoms with Gasteiger partial charge < -0.3 is 15.1 Å². The molecule has 1 saturated heterocycles. The van der Waals surface area contributed by atoms with Crippen LogP contribution in [-0.2, 0) is 4.79 Å². The number of piperazine rings is 1. The lowest BCUT2D eigenvalue weighted by Crippen LogP contribution is -2.47. The first-order valence-corrected chi connectivity index (χ1v) is 10.1. The van der Waals surface area contributed by atoms with Crippen LogP contribution in [0.5, 0.6) is 0 Å². The maximum Gasteiger partial charge on any atom is 0.217 e. The van der Waals surface area contributed by atoms with Gasteiger partial charge in [-0.05, 0) is 30.5 Å². The summed E-state index contributed by atoms with van der Waals surface area (Å²) in [6.07, 6.45) is 1.53. The van der Waals surface area contributed by atoms with Crippen molar-refractivity contribution in [3.63, 3.8) is 0 Å². The van der Waals surface area contributed by atoms with E-state index in [-0.39, 0.29) is 12.5 Å². The summed E-state index contributed by atoms with van der Waals surface area (Å²) in [6, 6.07) is 5.99. The number of benzene rings is 1. The van der Waals surface area contributed by atoms with Gasteiger partial charge in [-0.15, -0.1) is 0 Å². The van der Waals surface area contributed by atoms with Crippen molar-refractivity contribution in [3.8, 4) is 11.8 Å². The van der Waals surface area contributed by atoms with E-state index in [1.54, 1.807) is 0 Å². The molecule has 3 heterocycles. The van der Waals surface area contributed by atoms with E-state index in [4.69, 9.17) is 11.6 Å². The van der Waals surface area contributed by atoms with Gasteiger partial charge in [-0.1, -0.05) is 23.6 Å². The Labute approximate surface area is 179 Å². The van der Waals surface area contributed by atoms with Gasteiger partial charge in [0.2, 0.25) is 5.91 Å². The van der Waals surface area contributed by atoms with Crippen LogP contribution >= 0.6 is 11.6 Å². The number of carbonyl (C=O) groups excluding carboxylic acids is 1. The number of halogens is 1. The number of nitrogens with one attached hydrogen (secondary N) is 2. The third-order valence-electron chi connectivity index (χ3n) is 5.06. The number of aromatic nitrogens is 4. The Kier molecular flexibility index (Phi) is 5.72. The molecule has 0 radical (unpaired) electrons. The Balaban J connectivity index is 1.55. The molecule has 154 valence electrons. The van der Waals surface area contributed by atoms with Crippen molar-refractivity contribution in [1.82, 2.24) is 25.5 Å². The summed E-state index contributed by atoms with van der Waals surface area (Å²) in [5.74, 6) is 6.67. The molecule has 0 spiro atoms. The van der Waals surface area contributed by atoms with Crippen LogP contribution in [0.25, 0.3) is 11.0 Å². The Hall–Kier alpha value is -3.31. The zero-order valence-electron chi connectivity index (χ0n) is 16.9. The van der Waals surface area contributed by atoms with Gasteiger partial charge in [0.15, 0.2) is 5.65 Å². The molecule has 0 unspecified atom stereocenters. The van der Waals surface area contributed by atoms with Gasteiger partial charge in [-0.25, -0.2) is 9.97 Å². The number of amides is 1. The van der Waals surface area contributed by atoms with Crippen molar-refractivity contribution in [2.24, 2.45) is 0 Å². The van der Waals surface area contributed by atoms with Gasteiger partial charge in [0.05, 0.1) is 11.9 Å². The Morgan fingerprint density at radius 2 is 2.00 bits per heavy atom. The quantitative estimate of drug-likeness (QED) is 0.627. The molecule has 3 aromatic rings. The minimum absolute atomic E-state index is 0.115. The highest BCUT2D eigenvalue weighted by atomic mass is 35.5. The van der Waals surface area contributed by atoms with Crippen molar-refractivity contribution in [1.29, 1.82) is 0 Å². The number of hydrogen-bond acceptors (Lipinski definition) is 6. The molecule has 0 saturated carbocycles. The van der Waals surface area contributed by atoms with Gasteiger partial charge in [-0.2, -0.15) is 5.10 Å². The molecular weight excluding hydrogens is 402 g/mol. The highest BCUT2D eigenvalue weighted by Gasteiger charge is 2.23. The van der Waals surface area contributed by atoms with Gasteiger partial charge in [0.25, 0.3) is 0 Å². The van der Waals surface area contributed by atoms with Crippen LogP contribution in [0.4, 0.5) is 11.5 Å². The summed E-state index contributed by atoms with van der Waals surface area (Å²) >= 11 is 6.20. The summed E-state index contributed by atoms with van der Waals surface area (Å²) in [5, 5.41) is 11.4. The number of rotatable bonds is 3. The third kappa shape index (κ3) is 4.16. The lowest BCUT2D eigenvalue weighted by Gasteiger charge is -2.37. The molecule has 1 amide bonds. The summed E-state index contributed by atoms with van der Waals surface area (Å²) in [5.41, 5.74) is 3.61. The lowest BCUT2D eigenvalue weighted by molar-refractivity contribution is -0.118. The van der Waals surface area contributed by atoms with E-state index in [1.807, 2.05) is 12.1 Å². The van der Waals surface area contributed by atoms with Gasteiger partial charge in [0.1, 0.15) is 17.8 Å². The van der Waals surface area contributed by atoms with Crippen LogP contribution in [-0.4, -0.2) is 58.8 Å². The number of fused-ring (bicyclic) bond motifs is 1. The lowest BCUT2D eigenvalue weighted by atomic mass is 10.1. The Morgan fingerprint density at radius 1 is 1.23 bits per heavy atom. The molecule has 1 aliphatic heterocycles.